The van der Waals surface area contributed by atoms with Crippen molar-refractivity contribution >= 4 is 40.0 Å². The Bertz CT molecular complexity index is 919. The summed E-state index contributed by atoms with van der Waals surface area (Å²) in [7, 11) is 0. The first-order chi connectivity index (χ1) is 13.0. The second-order valence-electron chi connectivity index (χ2n) is 6.42. The van der Waals surface area contributed by atoms with Crippen molar-refractivity contribution in [3.8, 4) is 0 Å². The third-order valence-corrected chi connectivity index (χ3v) is 7.67. The largest absolute Gasteiger partial charge is 0.384 e. The van der Waals surface area contributed by atoms with Gasteiger partial charge in [-0.2, -0.15) is 0 Å². The van der Waals surface area contributed by atoms with Crippen LogP contribution in [0.2, 0.25) is 0 Å². The second-order valence-corrected chi connectivity index (χ2v) is 9.36. The van der Waals surface area contributed by atoms with Crippen molar-refractivity contribution in [2.24, 2.45) is 5.92 Å². The molecule has 2 aromatic rings. The smallest absolute Gasteiger partial charge is 0.134 e. The van der Waals surface area contributed by atoms with Crippen LogP contribution in [-0.2, 0) is 0 Å². The van der Waals surface area contributed by atoms with Crippen LogP contribution in [0, 0.1) is 17.6 Å². The first-order valence-electron chi connectivity index (χ1n) is 8.47. The molecule has 3 heterocycles. The Morgan fingerprint density at radius 1 is 1.26 bits per heavy atom. The summed E-state index contributed by atoms with van der Waals surface area (Å²) in [5.74, 6) is -0.492. The molecule has 0 aliphatic carbocycles. The number of nitrogens with zero attached hydrogens (tertiary/aromatic N) is 1. The molecule has 3 atom stereocenters. The van der Waals surface area contributed by atoms with Gasteiger partial charge >= 0.3 is 0 Å². The predicted molar refractivity (Wildman–Crippen MR) is 108 cm³/mol. The van der Waals surface area contributed by atoms with Crippen molar-refractivity contribution in [1.82, 2.24) is 4.98 Å². The van der Waals surface area contributed by atoms with Crippen molar-refractivity contribution in [3.05, 3.63) is 81.5 Å². The molecule has 27 heavy (non-hydrogen) atoms. The molecule has 140 valence electrons. The molecule has 0 bridgehead atoms. The number of benzene rings is 1. The molecule has 4 rings (SSSR count). The Labute approximate surface area is 169 Å². The van der Waals surface area contributed by atoms with Gasteiger partial charge in [0.1, 0.15) is 17.7 Å². The van der Waals surface area contributed by atoms with Crippen molar-refractivity contribution in [3.63, 3.8) is 0 Å². The Kier molecular flexibility index (Phi) is 5.60. The van der Waals surface area contributed by atoms with E-state index in [0.717, 1.165) is 22.4 Å². The van der Waals surface area contributed by atoms with E-state index in [2.05, 4.69) is 4.98 Å². The standard InChI is InChI=1S/C20H16ClF2NOS2/c21-17-6-5-16(27-17)14-10-26-20(13-4-3-12(22)8-15(13)23)18(14)19(25)11-2-1-7-24-9-11/h1-4,6-9,14,16,19,25H,5,10H2. The van der Waals surface area contributed by atoms with Crippen molar-refractivity contribution < 1.29 is 13.9 Å². The quantitative estimate of drug-likeness (QED) is 0.678. The van der Waals surface area contributed by atoms with Gasteiger partial charge in [0.2, 0.25) is 0 Å². The number of hydrogen-bond acceptors (Lipinski definition) is 4. The summed E-state index contributed by atoms with van der Waals surface area (Å²) in [5.41, 5.74) is 1.74. The van der Waals surface area contributed by atoms with E-state index >= 15 is 0 Å². The number of pyridine rings is 1. The highest BCUT2D eigenvalue weighted by Crippen LogP contribution is 2.53. The third-order valence-electron chi connectivity index (χ3n) is 4.76. The van der Waals surface area contributed by atoms with Crippen LogP contribution in [0.1, 0.15) is 23.7 Å². The molecule has 7 heteroatoms. The first-order valence-corrected chi connectivity index (χ1v) is 10.7. The zero-order chi connectivity index (χ0) is 19.0. The fourth-order valence-electron chi connectivity index (χ4n) is 3.47. The third kappa shape index (κ3) is 3.81. The van der Waals surface area contributed by atoms with Gasteiger partial charge in [0, 0.05) is 51.4 Å². The van der Waals surface area contributed by atoms with Gasteiger partial charge in [-0.3, -0.25) is 4.98 Å². The summed E-state index contributed by atoms with van der Waals surface area (Å²) in [4.78, 5) is 4.77. The van der Waals surface area contributed by atoms with E-state index in [1.807, 2.05) is 6.08 Å². The van der Waals surface area contributed by atoms with Gasteiger partial charge in [-0.1, -0.05) is 23.7 Å². The number of hydrogen-bond donors (Lipinski definition) is 1. The van der Waals surface area contributed by atoms with E-state index in [0.29, 0.717) is 21.8 Å². The molecule has 2 aliphatic heterocycles. The van der Waals surface area contributed by atoms with E-state index in [9.17, 15) is 13.9 Å². The van der Waals surface area contributed by atoms with Gasteiger partial charge in [-0.25, -0.2) is 8.78 Å². The Morgan fingerprint density at radius 2 is 2.11 bits per heavy atom. The lowest BCUT2D eigenvalue weighted by atomic mass is 9.87. The van der Waals surface area contributed by atoms with Gasteiger partial charge < -0.3 is 5.11 Å². The maximum atomic E-state index is 14.5. The van der Waals surface area contributed by atoms with Crippen molar-refractivity contribution in [2.75, 3.05) is 5.75 Å². The van der Waals surface area contributed by atoms with E-state index in [4.69, 9.17) is 11.6 Å². The number of aliphatic hydroxyl groups is 1. The molecule has 3 unspecified atom stereocenters. The average molecular weight is 424 g/mol. The molecule has 1 aromatic heterocycles. The van der Waals surface area contributed by atoms with Crippen LogP contribution in [0.4, 0.5) is 8.78 Å². The monoisotopic (exact) mass is 423 g/mol. The van der Waals surface area contributed by atoms with Crippen LogP contribution in [0.5, 0.6) is 0 Å². The molecule has 1 N–H and O–H groups in total. The Balaban J connectivity index is 1.80. The van der Waals surface area contributed by atoms with Gasteiger partial charge in [0.25, 0.3) is 0 Å². The van der Waals surface area contributed by atoms with Crippen molar-refractivity contribution in [2.45, 2.75) is 17.8 Å². The lowest BCUT2D eigenvalue weighted by Gasteiger charge is -2.25. The van der Waals surface area contributed by atoms with Gasteiger partial charge in [-0.05, 0) is 30.2 Å². The van der Waals surface area contributed by atoms with Crippen LogP contribution < -0.4 is 0 Å². The normalized spacial score (nSPS) is 23.6. The molecule has 0 saturated carbocycles. The highest BCUT2D eigenvalue weighted by Gasteiger charge is 2.39. The van der Waals surface area contributed by atoms with E-state index < -0.39 is 17.7 Å². The maximum Gasteiger partial charge on any atom is 0.134 e. The van der Waals surface area contributed by atoms with Crippen LogP contribution in [0.3, 0.4) is 0 Å². The highest BCUT2D eigenvalue weighted by atomic mass is 35.5. The maximum absolute atomic E-state index is 14.5. The molecule has 0 spiro atoms. The summed E-state index contributed by atoms with van der Waals surface area (Å²) in [6.07, 6.45) is 5.13. The number of aromatic nitrogens is 1. The number of allylic oxidation sites excluding steroid dienone is 1. The predicted octanol–water partition coefficient (Wildman–Crippen LogP) is 5.75. The molecule has 2 aliphatic rings. The van der Waals surface area contributed by atoms with Crippen LogP contribution in [0.15, 0.2) is 58.7 Å². The minimum absolute atomic E-state index is 0.0298. The average Bonchev–Trinajstić information content (AvgIpc) is 3.28. The highest BCUT2D eigenvalue weighted by molar-refractivity contribution is 8.09. The molecule has 0 fully saturated rings. The summed E-state index contributed by atoms with van der Waals surface area (Å²) >= 11 is 9.23. The number of thioether (sulfide) groups is 2. The van der Waals surface area contributed by atoms with E-state index in [1.165, 1.54) is 23.9 Å². The van der Waals surface area contributed by atoms with Gasteiger partial charge in [0.05, 0.1) is 4.36 Å². The zero-order valence-electron chi connectivity index (χ0n) is 14.1. The molecular formula is C20H16ClF2NOS2. The van der Waals surface area contributed by atoms with Crippen LogP contribution in [-0.4, -0.2) is 21.1 Å². The zero-order valence-corrected chi connectivity index (χ0v) is 16.5. The molecule has 0 amide bonds. The Hall–Kier alpha value is -1.34. The molecular weight excluding hydrogens is 408 g/mol. The van der Waals surface area contributed by atoms with Crippen LogP contribution in [0.25, 0.3) is 4.91 Å². The molecule has 0 saturated heterocycles. The molecule has 2 nitrogen and oxygen atoms in total. The first kappa shape index (κ1) is 19.0. The number of aliphatic hydroxyl groups excluding tert-OH is 1. The van der Waals surface area contributed by atoms with Crippen molar-refractivity contribution in [1.29, 1.82) is 0 Å². The number of rotatable bonds is 4. The summed E-state index contributed by atoms with van der Waals surface area (Å²) in [6, 6.07) is 7.13. The molecule has 1 aromatic carbocycles. The fraction of sp³-hybridized carbons (Fsp3) is 0.250. The fourth-order valence-corrected chi connectivity index (χ4v) is 6.61. The minimum atomic E-state index is -0.905. The SMILES string of the molecule is OC(C1=C(c2ccc(F)cc2F)SCC1C1CC=C(Cl)S1)c1cccnc1. The summed E-state index contributed by atoms with van der Waals surface area (Å²) in [5, 5.41) is 11.3. The van der Waals surface area contributed by atoms with E-state index in [1.54, 1.807) is 36.3 Å². The number of halogens is 3. The molecule has 0 radical (unpaired) electrons. The topological polar surface area (TPSA) is 33.1 Å². The van der Waals surface area contributed by atoms with Gasteiger partial charge in [-0.15, -0.1) is 23.5 Å². The summed E-state index contributed by atoms with van der Waals surface area (Å²) in [6.45, 7) is 0. The summed E-state index contributed by atoms with van der Waals surface area (Å²) < 4.78 is 28.6. The van der Waals surface area contributed by atoms with Crippen LogP contribution >= 0.6 is 35.1 Å². The lowest BCUT2D eigenvalue weighted by molar-refractivity contribution is 0.204. The minimum Gasteiger partial charge on any atom is -0.384 e. The van der Waals surface area contributed by atoms with E-state index in [-0.39, 0.29) is 11.2 Å². The van der Waals surface area contributed by atoms with Gasteiger partial charge in [0.15, 0.2) is 0 Å². The lowest BCUT2D eigenvalue weighted by Crippen LogP contribution is -2.21. The Morgan fingerprint density at radius 3 is 2.78 bits per heavy atom. The second kappa shape index (κ2) is 7.95.